The third-order valence-electron chi connectivity index (χ3n) is 3.62. The Hall–Kier alpha value is -3.09. The van der Waals surface area contributed by atoms with E-state index in [1.165, 1.54) is 6.07 Å². The van der Waals surface area contributed by atoms with Gasteiger partial charge >= 0.3 is 6.68 Å². The molecule has 0 saturated heterocycles. The molecule has 0 aliphatic carbocycles. The molecule has 3 rings (SSSR count). The Bertz CT molecular complexity index is 960. The second-order valence-corrected chi connectivity index (χ2v) is 6.10. The third-order valence-corrected chi connectivity index (χ3v) is 3.83. The van der Waals surface area contributed by atoms with Crippen molar-refractivity contribution in [1.29, 1.82) is 0 Å². The minimum absolute atomic E-state index is 0.0177. The number of carbonyl (C=O) groups is 1. The molecule has 0 spiro atoms. The van der Waals surface area contributed by atoms with E-state index in [2.05, 4.69) is 15.3 Å². The first-order valence-corrected chi connectivity index (χ1v) is 8.83. The lowest BCUT2D eigenvalue weighted by Gasteiger charge is -2.20. The molecule has 3 N–H and O–H groups in total. The van der Waals surface area contributed by atoms with Crippen molar-refractivity contribution in [2.75, 3.05) is 19.1 Å². The number of ether oxygens (including phenoxy) is 1. The lowest BCUT2D eigenvalue weighted by Crippen LogP contribution is -2.24. The molecular weight excluding hydrogens is 473 g/mol. The minimum Gasteiger partial charge on any atom is -0.465 e. The van der Waals surface area contributed by atoms with Crippen molar-refractivity contribution >= 4 is 29.2 Å². The second kappa shape index (κ2) is 12.7. The number of carbonyl (C=O) groups excluding carboxylic acids is 1. The number of aromatic nitrogens is 1. The highest BCUT2D eigenvalue weighted by Crippen LogP contribution is 2.30. The van der Waals surface area contributed by atoms with Crippen LogP contribution in [0.15, 0.2) is 29.4 Å². The van der Waals surface area contributed by atoms with Gasteiger partial charge in [-0.1, -0.05) is 11.6 Å². The van der Waals surface area contributed by atoms with Crippen LogP contribution in [-0.4, -0.2) is 37.4 Å². The van der Waals surface area contributed by atoms with Crippen molar-refractivity contribution in [3.05, 3.63) is 58.1 Å². The first-order chi connectivity index (χ1) is 15.1. The average molecular weight is 489 g/mol. The summed E-state index contributed by atoms with van der Waals surface area (Å²) in [6.07, 6.45) is 1.37. The third kappa shape index (κ3) is 7.87. The van der Waals surface area contributed by atoms with Crippen LogP contribution >= 0.6 is 11.6 Å². The molecule has 1 atom stereocenters. The number of amides is 1. The quantitative estimate of drug-likeness (QED) is 0.599. The van der Waals surface area contributed by atoms with Gasteiger partial charge in [-0.25, -0.2) is 23.1 Å². The predicted molar refractivity (Wildman–Crippen MR) is 103 cm³/mol. The van der Waals surface area contributed by atoms with Gasteiger partial charge in [0.1, 0.15) is 0 Å². The summed E-state index contributed by atoms with van der Waals surface area (Å²) in [6.45, 7) is -3.47. The molecule has 1 aliphatic heterocycles. The maximum absolute atomic E-state index is 14.1. The summed E-state index contributed by atoms with van der Waals surface area (Å²) >= 11 is 5.58. The predicted octanol–water partition coefficient (Wildman–Crippen LogP) is 4.94. The van der Waals surface area contributed by atoms with Gasteiger partial charge in [-0.2, -0.15) is 13.2 Å². The lowest BCUT2D eigenvalue weighted by molar-refractivity contribution is 0.00818. The molecule has 6 nitrogen and oxygen atoms in total. The van der Waals surface area contributed by atoms with Crippen LogP contribution in [0.3, 0.4) is 0 Å². The fourth-order valence-corrected chi connectivity index (χ4v) is 2.60. The SMILES string of the molecule is CF.FC(F)F.NC1=NC(c2cc(NC(=O)c3ncc(Cl)cc3F)cc(F)c2F)CCO1. The molecule has 1 aliphatic rings. The zero-order valence-electron chi connectivity index (χ0n) is 16.2. The molecule has 2 heterocycles. The number of aliphatic imine (C=N–C) groups is 1. The summed E-state index contributed by atoms with van der Waals surface area (Å²) in [5.74, 6) is -4.18. The molecule has 32 heavy (non-hydrogen) atoms. The minimum atomic E-state index is -3.67. The van der Waals surface area contributed by atoms with E-state index in [4.69, 9.17) is 22.1 Å². The van der Waals surface area contributed by atoms with E-state index in [1.807, 2.05) is 0 Å². The molecular formula is C18H16ClF7N4O2. The second-order valence-electron chi connectivity index (χ2n) is 5.67. The molecule has 0 radical (unpaired) electrons. The van der Waals surface area contributed by atoms with Crippen molar-refractivity contribution in [3.63, 3.8) is 0 Å². The maximum atomic E-state index is 14.1. The average Bonchev–Trinajstić information content (AvgIpc) is 2.71. The summed E-state index contributed by atoms with van der Waals surface area (Å²) < 4.78 is 85.3. The summed E-state index contributed by atoms with van der Waals surface area (Å²) in [5, 5.41) is 2.29. The van der Waals surface area contributed by atoms with Crippen LogP contribution in [0, 0.1) is 17.5 Å². The van der Waals surface area contributed by atoms with E-state index in [9.17, 15) is 35.5 Å². The standard InChI is InChI=1S/C16H12ClF3N4O2.CHF3.CH3F/c17-7-3-11(19)14(22-6-7)15(25)23-8-4-9(13(20)10(18)5-8)12-1-2-26-16(21)24-12;2-1(3)4;1-2/h3-6,12H,1-2H2,(H2,21,24)(H,23,25);1H;1H3. The zero-order chi connectivity index (χ0) is 24.4. The molecule has 2 aromatic rings. The van der Waals surface area contributed by atoms with Crippen LogP contribution < -0.4 is 11.1 Å². The highest BCUT2D eigenvalue weighted by Gasteiger charge is 2.24. The van der Waals surface area contributed by atoms with E-state index >= 15 is 0 Å². The van der Waals surface area contributed by atoms with Crippen LogP contribution in [0.2, 0.25) is 5.02 Å². The van der Waals surface area contributed by atoms with E-state index in [0.29, 0.717) is 7.18 Å². The summed E-state index contributed by atoms with van der Waals surface area (Å²) in [5.41, 5.74) is 4.74. The summed E-state index contributed by atoms with van der Waals surface area (Å²) in [4.78, 5) is 19.7. The lowest BCUT2D eigenvalue weighted by atomic mass is 10.0. The van der Waals surface area contributed by atoms with Crippen molar-refractivity contribution in [2.24, 2.45) is 10.7 Å². The molecule has 176 valence electrons. The van der Waals surface area contributed by atoms with Crippen molar-refractivity contribution < 1.29 is 40.3 Å². The number of benzene rings is 1. The van der Waals surface area contributed by atoms with Gasteiger partial charge in [-0.15, -0.1) is 0 Å². The molecule has 0 fully saturated rings. The number of alkyl halides is 4. The monoisotopic (exact) mass is 488 g/mol. The van der Waals surface area contributed by atoms with Gasteiger partial charge in [-0.3, -0.25) is 9.18 Å². The summed E-state index contributed by atoms with van der Waals surface area (Å²) in [7, 11) is 0.500. The highest BCUT2D eigenvalue weighted by molar-refractivity contribution is 6.30. The largest absolute Gasteiger partial charge is 0.465 e. The number of nitrogens with one attached hydrogen (secondary N) is 1. The van der Waals surface area contributed by atoms with Gasteiger partial charge in [0.2, 0.25) is 0 Å². The zero-order valence-corrected chi connectivity index (χ0v) is 16.9. The van der Waals surface area contributed by atoms with E-state index in [-0.39, 0.29) is 35.3 Å². The number of nitrogens with zero attached hydrogens (tertiary/aromatic N) is 2. The fourth-order valence-electron chi connectivity index (χ4n) is 2.45. The molecule has 1 aromatic heterocycles. The highest BCUT2D eigenvalue weighted by atomic mass is 35.5. The molecule has 1 unspecified atom stereocenters. The van der Waals surface area contributed by atoms with Crippen LogP contribution in [0.5, 0.6) is 0 Å². The fraction of sp³-hybridized carbons (Fsp3) is 0.278. The van der Waals surface area contributed by atoms with Gasteiger partial charge < -0.3 is 15.8 Å². The number of nitrogens with two attached hydrogens (primary N) is 1. The smallest absolute Gasteiger partial charge is 0.379 e. The van der Waals surface area contributed by atoms with Crippen LogP contribution in [-0.2, 0) is 4.74 Å². The van der Waals surface area contributed by atoms with Gasteiger partial charge in [0.15, 0.2) is 23.1 Å². The van der Waals surface area contributed by atoms with Crippen LogP contribution in [0.1, 0.15) is 28.5 Å². The van der Waals surface area contributed by atoms with Crippen molar-refractivity contribution in [1.82, 2.24) is 4.98 Å². The van der Waals surface area contributed by atoms with Crippen LogP contribution in [0.25, 0.3) is 0 Å². The normalized spacial score (nSPS) is 14.8. The summed E-state index contributed by atoms with van der Waals surface area (Å²) in [6, 6.07) is 2.00. The molecule has 0 bridgehead atoms. The Morgan fingerprint density at radius 1 is 1.19 bits per heavy atom. The van der Waals surface area contributed by atoms with E-state index in [1.54, 1.807) is 0 Å². The number of halogens is 8. The van der Waals surface area contributed by atoms with Crippen molar-refractivity contribution in [2.45, 2.75) is 19.1 Å². The number of hydrogen-bond acceptors (Lipinski definition) is 5. The number of hydrogen-bond donors (Lipinski definition) is 2. The van der Waals surface area contributed by atoms with E-state index in [0.717, 1.165) is 18.3 Å². The number of anilines is 1. The Morgan fingerprint density at radius 3 is 2.38 bits per heavy atom. The van der Waals surface area contributed by atoms with Gasteiger partial charge in [0, 0.05) is 29.9 Å². The number of amidine groups is 1. The number of pyridine rings is 1. The first kappa shape index (κ1) is 26.9. The van der Waals surface area contributed by atoms with E-state index < -0.39 is 41.8 Å². The molecule has 14 heteroatoms. The van der Waals surface area contributed by atoms with Gasteiger partial charge in [-0.05, 0) is 12.1 Å². The molecule has 1 amide bonds. The van der Waals surface area contributed by atoms with Crippen molar-refractivity contribution in [3.8, 4) is 0 Å². The Kier molecular flexibility index (Phi) is 10.7. The number of rotatable bonds is 3. The van der Waals surface area contributed by atoms with Gasteiger partial charge in [0.05, 0.1) is 24.8 Å². The Morgan fingerprint density at radius 2 is 1.81 bits per heavy atom. The first-order valence-electron chi connectivity index (χ1n) is 8.46. The molecule has 1 aromatic carbocycles. The topological polar surface area (TPSA) is 89.6 Å². The Labute approximate surface area is 182 Å². The molecule has 0 saturated carbocycles. The maximum Gasteiger partial charge on any atom is 0.379 e. The van der Waals surface area contributed by atoms with Crippen LogP contribution in [0.4, 0.5) is 36.4 Å². The van der Waals surface area contributed by atoms with Gasteiger partial charge in [0.25, 0.3) is 11.9 Å². The Balaban J connectivity index is 0.000000769.